The minimum Gasteiger partial charge on any atom is -0.309 e. The van der Waals surface area contributed by atoms with E-state index >= 15 is 0 Å². The van der Waals surface area contributed by atoms with Crippen LogP contribution in [0.15, 0.2) is 242 Å². The third-order valence-corrected chi connectivity index (χ3v) is 20.2. The van der Waals surface area contributed by atoms with Crippen LogP contribution in [0.25, 0.3) is 94.4 Å². The van der Waals surface area contributed by atoms with Gasteiger partial charge in [0.15, 0.2) is 13.9 Å². The Kier molecular flexibility index (Phi) is 8.29. The van der Waals surface area contributed by atoms with Gasteiger partial charge in [0, 0.05) is 37.9 Å². The van der Waals surface area contributed by atoms with Crippen molar-refractivity contribution in [3.8, 4) is 29.0 Å². The molecule has 0 saturated carbocycles. The molecule has 14 aromatic rings. The van der Waals surface area contributed by atoms with Crippen molar-refractivity contribution in [2.24, 2.45) is 0 Å². The molecule has 0 amide bonds. The molecule has 0 atom stereocenters. The number of aromatic nitrogens is 6. The van der Waals surface area contributed by atoms with Gasteiger partial charge in [-0.1, -0.05) is 223 Å². The van der Waals surface area contributed by atoms with Gasteiger partial charge in [-0.15, -0.1) is 0 Å². The summed E-state index contributed by atoms with van der Waals surface area (Å²) in [6.45, 7) is 12.8. The van der Waals surface area contributed by atoms with E-state index in [2.05, 4.69) is 139 Å². The van der Waals surface area contributed by atoms with Gasteiger partial charge in [-0.3, -0.25) is 9.13 Å². The van der Waals surface area contributed by atoms with Crippen molar-refractivity contribution in [2.45, 2.75) is 52.4 Å². The lowest BCUT2D eigenvalue weighted by atomic mass is 9.85. The van der Waals surface area contributed by atoms with E-state index in [1.54, 1.807) is 0 Å². The quantitative estimate of drug-likeness (QED) is 0.113. The molecule has 0 fully saturated rings. The molecule has 0 spiro atoms. The summed E-state index contributed by atoms with van der Waals surface area (Å²) < 4.78 is 117. The molecular formula is C71H58N6Si. The molecule has 7 heteroatoms. The highest BCUT2D eigenvalue weighted by Gasteiger charge is 2.42. The van der Waals surface area contributed by atoms with Gasteiger partial charge in [0.25, 0.3) is 0 Å². The molecule has 78 heavy (non-hydrogen) atoms. The van der Waals surface area contributed by atoms with Gasteiger partial charge in [-0.25, -0.2) is 0 Å². The molecule has 0 N–H and O–H groups in total. The van der Waals surface area contributed by atoms with E-state index < -0.39 is 80.6 Å². The van der Waals surface area contributed by atoms with Crippen LogP contribution in [0.2, 0.25) is 0 Å². The average Bonchev–Trinajstić information content (AvgIpc) is 1.50. The van der Waals surface area contributed by atoms with Gasteiger partial charge in [-0.2, -0.15) is 15.0 Å². The Labute approximate surface area is 472 Å². The monoisotopic (exact) mass is 1030 g/mol. The first-order valence-electron chi connectivity index (χ1n) is 32.1. The molecule has 376 valence electrons. The molecule has 0 radical (unpaired) electrons. The van der Waals surface area contributed by atoms with Crippen molar-refractivity contribution < 1.29 is 16.4 Å². The van der Waals surface area contributed by atoms with E-state index in [9.17, 15) is 11.0 Å². The Morgan fingerprint density at radius 2 is 0.769 bits per heavy atom. The highest BCUT2D eigenvalue weighted by molar-refractivity contribution is 7.20. The molecule has 0 bridgehead atoms. The minimum atomic E-state index is -3.13. The molecular weight excluding hydrogens is 965 g/mol. The average molecular weight is 1040 g/mol. The van der Waals surface area contributed by atoms with Crippen LogP contribution in [-0.4, -0.2) is 36.7 Å². The van der Waals surface area contributed by atoms with E-state index in [1.165, 1.54) is 4.57 Å². The summed E-state index contributed by atoms with van der Waals surface area (Å²) in [6.07, 6.45) is 0. The number of hydrogen-bond donors (Lipinski definition) is 0. The fourth-order valence-corrected chi connectivity index (χ4v) is 16.4. The van der Waals surface area contributed by atoms with Crippen molar-refractivity contribution in [3.05, 3.63) is 253 Å². The van der Waals surface area contributed by atoms with E-state index in [4.69, 9.17) is 20.4 Å². The SMILES string of the molecule is [2H]c1c([2H])c([2H])c(-n2c3ccc(C(C)(C)C)cc3c3cc(C(C)(C)C)ccc32)c(-c2nc(-n3c4ccccc4c4cc([Si](c5ccccc5)(c5ccccc5)c5ccccc5)ccc43)nc(-n3c4c([2H])c([2H])c([2H])c([2H])c4c4c([2H])c([2H])c([2H])c([2H])c43)n2)c1[2H]. The molecule has 0 saturated heterocycles. The zero-order valence-corrected chi connectivity index (χ0v) is 44.8. The Hall–Kier alpha value is -9.17. The molecule has 0 aliphatic rings. The van der Waals surface area contributed by atoms with Crippen LogP contribution in [0, 0.1) is 0 Å². The first-order valence-corrected chi connectivity index (χ1v) is 28.1. The Bertz CT molecular complexity index is 5120. The smallest absolute Gasteiger partial charge is 0.240 e. The van der Waals surface area contributed by atoms with Gasteiger partial charge in [0.2, 0.25) is 11.9 Å². The standard InChI is InChI=1S/C71H58N6Si/c1-70(2,3)47-38-41-64-57(44-47)58-45-48(71(4,5)6)39-42-65(58)75(64)63-37-23-19-33-56(63)67-72-68(76-60-34-20-16-30-53(60)54-31-17-21-35-61(54)76)74-69(73-67)77-62-36-22-18-32-55(62)59-46-52(40-43-66(59)77)78(49-24-10-7-11-25-49,50-26-12-8-13-27-50)51-28-14-9-15-29-51/h7-46H,1-6H3/i16D,17D,19D,20D,21D,23D,30D,31D,33D,34D,35D,37D. The predicted molar refractivity (Wildman–Crippen MR) is 329 cm³/mol. The maximum atomic E-state index is 10.1. The van der Waals surface area contributed by atoms with Crippen LogP contribution in [0.1, 0.15) is 69.1 Å². The van der Waals surface area contributed by atoms with Gasteiger partial charge in [0.05, 0.1) is 55.2 Å². The van der Waals surface area contributed by atoms with Crippen LogP contribution < -0.4 is 20.7 Å². The molecule has 6 nitrogen and oxygen atoms in total. The maximum Gasteiger partial charge on any atom is 0.240 e. The summed E-state index contributed by atoms with van der Waals surface area (Å²) in [5.74, 6) is -0.706. The van der Waals surface area contributed by atoms with E-state index in [0.29, 0.717) is 22.1 Å². The summed E-state index contributed by atoms with van der Waals surface area (Å²) in [6, 6.07) is 51.3. The maximum absolute atomic E-state index is 10.1. The number of para-hydroxylation sites is 4. The molecule has 10 aromatic carbocycles. The van der Waals surface area contributed by atoms with Gasteiger partial charge >= 0.3 is 0 Å². The van der Waals surface area contributed by atoms with E-state index in [-0.39, 0.29) is 61.6 Å². The molecule has 14 rings (SSSR count). The number of nitrogens with zero attached hydrogens (tertiary/aromatic N) is 6. The highest BCUT2D eigenvalue weighted by atomic mass is 28.3. The van der Waals surface area contributed by atoms with Crippen molar-refractivity contribution in [1.29, 1.82) is 0 Å². The third kappa shape index (κ3) is 7.40. The molecule has 0 unspecified atom stereocenters. The lowest BCUT2D eigenvalue weighted by Crippen LogP contribution is -2.74. The second kappa shape index (κ2) is 18.0. The fraction of sp³-hybridized carbons (Fsp3) is 0.113. The molecule has 4 heterocycles. The van der Waals surface area contributed by atoms with Gasteiger partial charge in [0.1, 0.15) is 0 Å². The number of rotatable bonds is 8. The van der Waals surface area contributed by atoms with Crippen molar-refractivity contribution >= 4 is 94.2 Å². The fourth-order valence-electron chi connectivity index (χ4n) is 11.6. The van der Waals surface area contributed by atoms with Crippen LogP contribution >= 0.6 is 0 Å². The topological polar surface area (TPSA) is 53.5 Å². The van der Waals surface area contributed by atoms with Crippen LogP contribution in [-0.2, 0) is 10.8 Å². The second-order valence-electron chi connectivity index (χ2n) is 22.0. The largest absolute Gasteiger partial charge is 0.309 e. The van der Waals surface area contributed by atoms with Crippen LogP contribution in [0.4, 0.5) is 0 Å². The lowest BCUT2D eigenvalue weighted by molar-refractivity contribution is 0.590. The highest BCUT2D eigenvalue weighted by Crippen LogP contribution is 2.41. The van der Waals surface area contributed by atoms with Gasteiger partial charge in [-0.05, 0) is 103 Å². The summed E-state index contributed by atoms with van der Waals surface area (Å²) >= 11 is 0. The summed E-state index contributed by atoms with van der Waals surface area (Å²) in [5.41, 5.74) is 3.47. The second-order valence-corrected chi connectivity index (χ2v) is 25.8. The number of fused-ring (bicyclic) bond motifs is 9. The first kappa shape index (κ1) is 36.0. The van der Waals surface area contributed by atoms with E-state index in [1.807, 2.05) is 81.9 Å². The van der Waals surface area contributed by atoms with Crippen LogP contribution in [0.3, 0.4) is 0 Å². The summed E-state index contributed by atoms with van der Waals surface area (Å²) in [4.78, 5) is 15.8. The predicted octanol–water partition coefficient (Wildman–Crippen LogP) is 14.8. The van der Waals surface area contributed by atoms with Gasteiger partial charge < -0.3 is 4.57 Å². The Morgan fingerprint density at radius 1 is 0.346 bits per heavy atom. The summed E-state index contributed by atoms with van der Waals surface area (Å²) in [7, 11) is -3.13. The molecule has 0 aliphatic carbocycles. The lowest BCUT2D eigenvalue weighted by Gasteiger charge is -2.34. The van der Waals surface area contributed by atoms with Crippen molar-refractivity contribution in [2.75, 3.05) is 0 Å². The molecule has 4 aromatic heterocycles. The summed E-state index contributed by atoms with van der Waals surface area (Å²) in [5, 5.41) is 7.49. The van der Waals surface area contributed by atoms with Crippen LogP contribution in [0.5, 0.6) is 0 Å². The normalized spacial score (nSPS) is 14.6. The minimum absolute atomic E-state index is 0.0121. The Morgan fingerprint density at radius 3 is 1.31 bits per heavy atom. The Balaban J connectivity index is 1.15. The number of benzene rings is 10. The van der Waals surface area contributed by atoms with Crippen molar-refractivity contribution in [1.82, 2.24) is 28.7 Å². The third-order valence-electron chi connectivity index (χ3n) is 15.4. The van der Waals surface area contributed by atoms with E-state index in [0.717, 1.165) is 53.4 Å². The number of hydrogen-bond acceptors (Lipinski definition) is 3. The van der Waals surface area contributed by atoms with Crippen molar-refractivity contribution in [3.63, 3.8) is 0 Å². The zero-order valence-electron chi connectivity index (χ0n) is 55.8. The zero-order chi connectivity index (χ0) is 63.4. The molecule has 0 aliphatic heterocycles. The first-order chi connectivity index (χ1) is 42.9.